The van der Waals surface area contributed by atoms with Crippen LogP contribution in [-0.2, 0) is 9.04 Å². The van der Waals surface area contributed by atoms with Crippen LogP contribution in [0, 0.1) is 0 Å². The molecule has 0 spiro atoms. The van der Waals surface area contributed by atoms with Crippen LogP contribution in [0.2, 0.25) is 0 Å². The lowest BCUT2D eigenvalue weighted by Gasteiger charge is -1.94. The van der Waals surface area contributed by atoms with Crippen molar-refractivity contribution in [3.63, 3.8) is 0 Å². The third kappa shape index (κ3) is 3.58. The van der Waals surface area contributed by atoms with Gasteiger partial charge in [-0.1, -0.05) is 0 Å². The Hall–Kier alpha value is -0.423. The minimum absolute atomic E-state index is 2.60. The first-order valence-corrected chi connectivity index (χ1v) is 2.06. The van der Waals surface area contributed by atoms with Crippen molar-refractivity contribution in [3.8, 4) is 0 Å². The van der Waals surface area contributed by atoms with Crippen molar-refractivity contribution in [1.82, 2.24) is 0 Å². The molecule has 30 valence electrons. The average molecular weight is 93.1 g/mol. The predicted octanol–water partition coefficient (Wildman–Crippen LogP) is -2.31. The van der Waals surface area contributed by atoms with Gasteiger partial charge in [0.05, 0.1) is 0 Å². The molecule has 5 heteroatoms. The lowest BCUT2D eigenvalue weighted by atomic mass is 15.0. The summed E-state index contributed by atoms with van der Waals surface area (Å²) in [6.45, 7) is 0. The first kappa shape index (κ1) is 4.58. The summed E-state index contributed by atoms with van der Waals surface area (Å²) in [5, 5.41) is 8.61. The highest BCUT2D eigenvalue weighted by Gasteiger charge is 1.89. The van der Waals surface area contributed by atoms with Crippen molar-refractivity contribution in [3.05, 3.63) is 0 Å². The van der Waals surface area contributed by atoms with E-state index in [1.165, 1.54) is 0 Å². The third-order valence-corrected chi connectivity index (χ3v) is 0.214. The first-order valence-electron chi connectivity index (χ1n) is 0.799. The fraction of sp³-hybridized carbons (Fsp3) is 0. The van der Waals surface area contributed by atoms with Gasteiger partial charge in [0.15, 0.2) is 0 Å². The van der Waals surface area contributed by atoms with Gasteiger partial charge in [0.2, 0.25) is 0 Å². The molecule has 0 radical (unpaired) electrons. The summed E-state index contributed by atoms with van der Waals surface area (Å²) in [6.07, 6.45) is 0. The second-order valence-corrected chi connectivity index (χ2v) is 1.05. The van der Waals surface area contributed by atoms with Crippen LogP contribution in [0.5, 0.6) is 0 Å². The second-order valence-electron chi connectivity index (χ2n) is 0.349. The lowest BCUT2D eigenvalue weighted by Crippen LogP contribution is -2.14. The monoisotopic (exact) mass is 93.0 g/mol. The SMILES string of the molecule is O=[Si](O)O[O-]. The normalized spacial score (nSPS) is 6.60. The molecule has 0 saturated heterocycles. The van der Waals surface area contributed by atoms with Gasteiger partial charge in [-0.3, -0.25) is 4.46 Å². The topological polar surface area (TPSA) is 69.6 Å². The molecular formula is HO4Si-. The van der Waals surface area contributed by atoms with Crippen LogP contribution >= 0.6 is 0 Å². The Bertz CT molecular complexity index is 38.9. The molecule has 1 N–H and O–H groups in total. The van der Waals surface area contributed by atoms with Gasteiger partial charge >= 0.3 is 9.17 Å². The molecule has 5 heavy (non-hydrogen) atoms. The maximum absolute atomic E-state index is 9.02. The molecule has 0 saturated carbocycles. The van der Waals surface area contributed by atoms with Crippen LogP contribution in [0.15, 0.2) is 0 Å². The second kappa shape index (κ2) is 1.86. The van der Waals surface area contributed by atoms with Gasteiger partial charge in [-0.25, -0.2) is 0 Å². The molecule has 0 aliphatic carbocycles. The summed E-state index contributed by atoms with van der Waals surface area (Å²) in [6, 6.07) is 0. The largest absolute Gasteiger partial charge is 0.757 e. The Kier molecular flexibility index (Phi) is 1.70. The van der Waals surface area contributed by atoms with Gasteiger partial charge in [-0.15, -0.1) is 0 Å². The Morgan fingerprint density at radius 2 is 2.20 bits per heavy atom. The van der Waals surface area contributed by atoms with Crippen molar-refractivity contribution in [1.29, 1.82) is 0 Å². The summed E-state index contributed by atoms with van der Waals surface area (Å²) in [4.78, 5) is 7.37. The van der Waals surface area contributed by atoms with Crippen LogP contribution in [-0.4, -0.2) is 14.0 Å². The standard InChI is InChI=1S/H2O4Si/c1-4-5(2)3/h1-2H/p-1. The molecular weight excluding hydrogens is 92.1 g/mol. The summed E-state index contributed by atoms with van der Waals surface area (Å²) in [7, 11) is -3.18. The fourth-order valence-electron chi connectivity index (χ4n) is 0. The van der Waals surface area contributed by atoms with Crippen LogP contribution in [0.4, 0.5) is 0 Å². The van der Waals surface area contributed by atoms with E-state index in [-0.39, 0.29) is 0 Å². The van der Waals surface area contributed by atoms with E-state index >= 15 is 0 Å². The van der Waals surface area contributed by atoms with Gasteiger partial charge in [-0.05, 0) is 0 Å². The Morgan fingerprint density at radius 3 is 2.20 bits per heavy atom. The zero-order chi connectivity index (χ0) is 4.28. The Balaban J connectivity index is 2.85. The number of hydrogen-bond donors (Lipinski definition) is 1. The first-order chi connectivity index (χ1) is 2.27. The fourth-order valence-corrected chi connectivity index (χ4v) is 0. The van der Waals surface area contributed by atoms with Crippen molar-refractivity contribution < 1.29 is 19.1 Å². The number of rotatable bonds is 1. The van der Waals surface area contributed by atoms with E-state index in [1.807, 2.05) is 0 Å². The Labute approximate surface area is 29.5 Å². The highest BCUT2D eigenvalue weighted by atomic mass is 28.3. The molecule has 0 aromatic carbocycles. The molecule has 4 nitrogen and oxygen atoms in total. The molecule has 0 bridgehead atoms. The van der Waals surface area contributed by atoms with Crippen LogP contribution < -0.4 is 5.26 Å². The van der Waals surface area contributed by atoms with E-state index in [1.54, 1.807) is 0 Å². The van der Waals surface area contributed by atoms with E-state index in [9.17, 15) is 0 Å². The van der Waals surface area contributed by atoms with Crippen molar-refractivity contribution in [2.75, 3.05) is 0 Å². The van der Waals surface area contributed by atoms with Crippen LogP contribution in [0.3, 0.4) is 0 Å². The maximum atomic E-state index is 9.02. The quantitative estimate of drug-likeness (QED) is 0.224. The minimum Gasteiger partial charge on any atom is -0.677 e. The van der Waals surface area contributed by atoms with Crippen molar-refractivity contribution in [2.45, 2.75) is 0 Å². The van der Waals surface area contributed by atoms with Gasteiger partial charge < -0.3 is 14.6 Å². The highest BCUT2D eigenvalue weighted by Crippen LogP contribution is 1.43. The zero-order valence-corrected chi connectivity index (χ0v) is 3.17. The molecule has 0 aliphatic heterocycles. The molecule has 0 unspecified atom stereocenters. The summed E-state index contributed by atoms with van der Waals surface area (Å²) < 4.78 is 11.6. The highest BCUT2D eigenvalue weighted by molar-refractivity contribution is 6.23. The number of hydrogen-bond acceptors (Lipinski definition) is 3. The molecule has 0 rings (SSSR count). The molecule has 0 amide bonds. The van der Waals surface area contributed by atoms with Gasteiger partial charge in [0.1, 0.15) is 0 Å². The molecule has 0 aromatic rings. The average Bonchev–Trinajstić information content (AvgIpc) is 1.38. The Morgan fingerprint density at radius 1 is 2.00 bits per heavy atom. The van der Waals surface area contributed by atoms with Crippen molar-refractivity contribution in [2.24, 2.45) is 0 Å². The molecule has 0 fully saturated rings. The minimum atomic E-state index is -3.18. The van der Waals surface area contributed by atoms with Crippen LogP contribution in [0.1, 0.15) is 0 Å². The molecule has 0 aromatic heterocycles. The zero-order valence-electron chi connectivity index (χ0n) is 2.17. The lowest BCUT2D eigenvalue weighted by molar-refractivity contribution is -0.647. The van der Waals surface area contributed by atoms with Gasteiger partial charge in [-0.2, -0.15) is 0 Å². The summed E-state index contributed by atoms with van der Waals surface area (Å²) >= 11 is 0. The summed E-state index contributed by atoms with van der Waals surface area (Å²) in [5.74, 6) is 0. The van der Waals surface area contributed by atoms with E-state index < -0.39 is 9.17 Å². The molecule has 0 heterocycles. The molecule has 0 atom stereocenters. The van der Waals surface area contributed by atoms with E-state index in [4.69, 9.17) is 14.5 Å². The van der Waals surface area contributed by atoms with Gasteiger partial charge in [0, 0.05) is 0 Å². The van der Waals surface area contributed by atoms with E-state index in [2.05, 4.69) is 4.58 Å². The third-order valence-electron chi connectivity index (χ3n) is 0.0713. The van der Waals surface area contributed by atoms with E-state index in [0.717, 1.165) is 0 Å². The summed E-state index contributed by atoms with van der Waals surface area (Å²) in [5.41, 5.74) is 0. The van der Waals surface area contributed by atoms with Crippen molar-refractivity contribution >= 4 is 9.17 Å². The van der Waals surface area contributed by atoms with Gasteiger partial charge in [0.25, 0.3) is 0 Å². The maximum Gasteiger partial charge on any atom is 0.757 e. The molecule has 0 aliphatic rings. The smallest absolute Gasteiger partial charge is 0.677 e. The predicted molar refractivity (Wildman–Crippen MR) is 9.74 cm³/mol. The van der Waals surface area contributed by atoms with Crippen LogP contribution in [0.25, 0.3) is 0 Å². The van der Waals surface area contributed by atoms with E-state index in [0.29, 0.717) is 0 Å².